The first-order valence-electron chi connectivity index (χ1n) is 15.7. The Morgan fingerprint density at radius 3 is 2.43 bits per heavy atom. The van der Waals surface area contributed by atoms with E-state index in [1.54, 1.807) is 14.0 Å². The molecule has 282 valence electrons. The minimum absolute atomic E-state index is 0.0694. The summed E-state index contributed by atoms with van der Waals surface area (Å²) in [5.74, 6) is -5.94. The highest BCUT2D eigenvalue weighted by Gasteiger charge is 2.54. The van der Waals surface area contributed by atoms with Crippen LogP contribution in [0.5, 0.6) is 0 Å². The van der Waals surface area contributed by atoms with Crippen LogP contribution in [0.1, 0.15) is 18.5 Å². The van der Waals surface area contributed by atoms with Crippen molar-refractivity contribution in [2.24, 2.45) is 12.8 Å². The van der Waals surface area contributed by atoms with Crippen LogP contribution >= 0.6 is 23.5 Å². The molecule has 4 heterocycles. The fourth-order valence-corrected chi connectivity index (χ4v) is 7.68. The number of rotatable bonds is 13. The minimum Gasteiger partial charge on any atom is -0.480 e. The molecular formula is C29H33N11O11S2. The first-order valence-corrected chi connectivity index (χ1v) is 17.7. The Kier molecular flexibility index (Phi) is 11.8. The molecule has 5 rings (SSSR count). The van der Waals surface area contributed by atoms with Gasteiger partial charge in [-0.15, -0.1) is 16.9 Å². The van der Waals surface area contributed by atoms with Crippen LogP contribution < -0.4 is 21.7 Å². The largest absolute Gasteiger partial charge is 0.480 e. The van der Waals surface area contributed by atoms with Gasteiger partial charge in [-0.1, -0.05) is 23.9 Å². The number of hydrogen-bond acceptors (Lipinski definition) is 15. The number of benzene rings is 1. The van der Waals surface area contributed by atoms with Crippen molar-refractivity contribution in [1.82, 2.24) is 45.5 Å². The van der Waals surface area contributed by atoms with Crippen LogP contribution in [0.3, 0.4) is 0 Å². The van der Waals surface area contributed by atoms with Crippen LogP contribution in [-0.2, 0) is 40.6 Å². The molecule has 2 aromatic rings. The molecule has 0 radical (unpaired) electrons. The van der Waals surface area contributed by atoms with E-state index in [9.17, 15) is 43.5 Å². The maximum atomic E-state index is 13.9. The number of fused-ring (bicyclic) bond motifs is 1. The Labute approximate surface area is 307 Å². The Bertz CT molecular complexity index is 1870. The average molecular weight is 776 g/mol. The smallest absolute Gasteiger partial charge is 0.411 e. The fraction of sp³-hybridized carbons (Fsp3) is 0.414. The maximum absolute atomic E-state index is 13.9. The molecule has 2 fully saturated rings. The summed E-state index contributed by atoms with van der Waals surface area (Å²) in [6, 6.07) is 0.105. The number of piperazine rings is 1. The molecular weight excluding hydrogens is 743 g/mol. The highest BCUT2D eigenvalue weighted by atomic mass is 32.2. The van der Waals surface area contributed by atoms with Gasteiger partial charge in [-0.3, -0.25) is 39.1 Å². The number of carbonyl (C=O) groups is 8. The molecule has 3 aliphatic heterocycles. The van der Waals surface area contributed by atoms with Crippen LogP contribution in [0.2, 0.25) is 0 Å². The van der Waals surface area contributed by atoms with E-state index in [1.807, 2.05) is 0 Å². The third kappa shape index (κ3) is 8.33. The first kappa shape index (κ1) is 38.5. The number of carboxylic acids is 2. The monoisotopic (exact) mass is 775 g/mol. The number of β-lactam (4-membered cyclic amide) rings is 1. The van der Waals surface area contributed by atoms with Crippen molar-refractivity contribution in [3.8, 4) is 0 Å². The molecule has 22 nitrogen and oxygen atoms in total. The summed E-state index contributed by atoms with van der Waals surface area (Å²) in [7, 11) is 1.62. The molecule has 0 aliphatic carbocycles. The number of tetrazole rings is 1. The van der Waals surface area contributed by atoms with Gasteiger partial charge in [0.05, 0.1) is 0 Å². The number of nitrogens with zero attached hydrogens (tertiary/aromatic N) is 7. The number of carboxylic acid groups (broad SMARTS) is 2. The predicted octanol–water partition coefficient (Wildman–Crippen LogP) is -1.86. The topological polar surface area (TPSA) is 302 Å². The predicted molar refractivity (Wildman–Crippen MR) is 181 cm³/mol. The second kappa shape index (κ2) is 16.3. The summed E-state index contributed by atoms with van der Waals surface area (Å²) in [6.07, 6.45) is -1.02. The summed E-state index contributed by atoms with van der Waals surface area (Å²) >= 11 is 2.41. The number of aryl methyl sites for hydroxylation is 1. The number of urea groups is 1. The quantitative estimate of drug-likeness (QED) is 0.0739. The van der Waals surface area contributed by atoms with Gasteiger partial charge in [0.2, 0.25) is 11.1 Å². The number of amides is 7. The van der Waals surface area contributed by atoms with Crippen LogP contribution in [-0.4, -0.2) is 148 Å². The Morgan fingerprint density at radius 2 is 1.81 bits per heavy atom. The SMILES string of the molecule is CCN1CCN(C(=O)N[C@@H](C(=O)N[C@@H]2C(=O)N3C(C(=O)O)=C(CSc4nnnn4C)CS[C@@H]23)c2ccc(NC(=O)OC[C@@H](N)C(=O)O)cc2)C(=O)C1=O. The van der Waals surface area contributed by atoms with Crippen molar-refractivity contribution >= 4 is 76.9 Å². The van der Waals surface area contributed by atoms with E-state index in [2.05, 4.69) is 31.5 Å². The number of nitrogens with one attached hydrogen (secondary N) is 3. The van der Waals surface area contributed by atoms with Gasteiger partial charge >= 0.3 is 35.9 Å². The number of carbonyl (C=O) groups excluding carboxylic acids is 6. The number of ether oxygens (including phenoxy) is 1. The number of hydrogen-bond donors (Lipinski definition) is 6. The molecule has 0 saturated carbocycles. The Morgan fingerprint density at radius 1 is 1.09 bits per heavy atom. The molecule has 0 spiro atoms. The van der Waals surface area contributed by atoms with Crippen molar-refractivity contribution in [2.45, 2.75) is 35.6 Å². The van der Waals surface area contributed by atoms with Gasteiger partial charge in [0.15, 0.2) is 0 Å². The van der Waals surface area contributed by atoms with Crippen LogP contribution in [0, 0.1) is 0 Å². The zero-order valence-electron chi connectivity index (χ0n) is 28.0. The third-order valence-electron chi connectivity index (χ3n) is 8.17. The minimum atomic E-state index is -1.55. The van der Waals surface area contributed by atoms with E-state index in [0.717, 1.165) is 4.90 Å². The van der Waals surface area contributed by atoms with E-state index in [0.29, 0.717) is 15.6 Å². The van der Waals surface area contributed by atoms with Gasteiger partial charge in [-0.2, -0.15) is 0 Å². The lowest BCUT2D eigenvalue weighted by molar-refractivity contribution is -0.153. The molecule has 1 aromatic carbocycles. The molecule has 0 unspecified atom stereocenters. The summed E-state index contributed by atoms with van der Waals surface area (Å²) in [5, 5.41) is 37.1. The molecule has 3 aliphatic rings. The van der Waals surface area contributed by atoms with E-state index < -0.39 is 77.8 Å². The summed E-state index contributed by atoms with van der Waals surface area (Å²) < 4.78 is 6.20. The Balaban J connectivity index is 1.32. The van der Waals surface area contributed by atoms with E-state index in [4.69, 9.17) is 15.6 Å². The second-order valence-corrected chi connectivity index (χ2v) is 13.6. The highest BCUT2D eigenvalue weighted by molar-refractivity contribution is 8.01. The number of thioether (sulfide) groups is 2. The zero-order valence-corrected chi connectivity index (χ0v) is 29.6. The van der Waals surface area contributed by atoms with Gasteiger partial charge in [-0.05, 0) is 40.6 Å². The zero-order chi connectivity index (χ0) is 38.6. The lowest BCUT2D eigenvalue weighted by Gasteiger charge is -2.49. The van der Waals surface area contributed by atoms with Crippen molar-refractivity contribution in [3.05, 3.63) is 41.1 Å². The molecule has 24 heteroatoms. The lowest BCUT2D eigenvalue weighted by Crippen LogP contribution is -2.71. The number of nitrogens with two attached hydrogens (primary N) is 1. The lowest BCUT2D eigenvalue weighted by atomic mass is 10.0. The molecule has 53 heavy (non-hydrogen) atoms. The van der Waals surface area contributed by atoms with Crippen molar-refractivity contribution in [2.75, 3.05) is 43.1 Å². The molecule has 4 atom stereocenters. The second-order valence-electron chi connectivity index (χ2n) is 11.5. The standard InChI is InChI=1S/C29H33N11O11S2/c1-3-38-8-9-39(23(44)22(38)43)27(49)33-17(13-4-6-15(7-5-13)31-29(50)51-10-16(30)25(45)46)20(41)32-18-21(42)40-19(26(47)48)14(11-52-24(18)40)12-53-28-34-35-36-37(28)2/h4-7,16-18,24H,3,8-12,30H2,1-2H3,(H,31,50)(H,32,41)(H,33,49)(H,45,46)(H,47,48)/t16-,17-,18-,24+/m1/s1. The van der Waals surface area contributed by atoms with E-state index in [-0.39, 0.29) is 48.1 Å². The first-order chi connectivity index (χ1) is 25.2. The molecule has 7 N–H and O–H groups in total. The molecule has 2 saturated heterocycles. The van der Waals surface area contributed by atoms with Crippen LogP contribution in [0.25, 0.3) is 0 Å². The van der Waals surface area contributed by atoms with E-state index >= 15 is 0 Å². The number of aromatic nitrogens is 4. The number of imide groups is 1. The highest BCUT2D eigenvalue weighted by Crippen LogP contribution is 2.41. The summed E-state index contributed by atoms with van der Waals surface area (Å²) in [4.78, 5) is 104. The maximum Gasteiger partial charge on any atom is 0.411 e. The van der Waals surface area contributed by atoms with E-state index in [1.165, 1.54) is 57.4 Å². The number of aliphatic carboxylic acids is 2. The molecule has 1 aromatic heterocycles. The van der Waals surface area contributed by atoms with Crippen molar-refractivity contribution < 1.29 is 53.3 Å². The van der Waals surface area contributed by atoms with Crippen molar-refractivity contribution in [1.29, 1.82) is 0 Å². The third-order valence-corrected chi connectivity index (χ3v) is 10.6. The molecule has 0 bridgehead atoms. The van der Waals surface area contributed by atoms with Gasteiger partial charge in [-0.25, -0.2) is 19.1 Å². The van der Waals surface area contributed by atoms with Gasteiger partial charge in [0, 0.05) is 43.9 Å². The summed E-state index contributed by atoms with van der Waals surface area (Å²) in [6.45, 7) is 1.23. The average Bonchev–Trinajstić information content (AvgIpc) is 3.55. The van der Waals surface area contributed by atoms with Gasteiger partial charge < -0.3 is 36.2 Å². The molecule has 7 amide bonds. The normalized spacial score (nSPS) is 19.5. The van der Waals surface area contributed by atoms with Gasteiger partial charge in [0.25, 0.3) is 5.91 Å². The summed E-state index contributed by atoms with van der Waals surface area (Å²) in [5.41, 5.74) is 5.82. The number of anilines is 1. The van der Waals surface area contributed by atoms with Crippen LogP contribution in [0.4, 0.5) is 15.3 Å². The van der Waals surface area contributed by atoms with Crippen LogP contribution in [0.15, 0.2) is 40.7 Å². The fourth-order valence-electron chi connectivity index (χ4n) is 5.35. The van der Waals surface area contributed by atoms with Crippen molar-refractivity contribution in [3.63, 3.8) is 0 Å². The Hall–Kier alpha value is -5.75. The number of likely N-dealkylation sites (N-methyl/N-ethyl adjacent to an activating group) is 1. The van der Waals surface area contributed by atoms with Gasteiger partial charge in [0.1, 0.15) is 35.8 Å².